The highest BCUT2D eigenvalue weighted by atomic mass is 16.7. The Bertz CT molecular complexity index is 1840. The topological polar surface area (TPSA) is 149 Å². The molecule has 7 atom stereocenters. The molecule has 0 spiro atoms. The van der Waals surface area contributed by atoms with E-state index in [4.69, 9.17) is 9.47 Å². The maximum Gasteiger partial charge on any atom is 0.220 e. The highest BCUT2D eigenvalue weighted by Gasteiger charge is 2.44. The van der Waals surface area contributed by atoms with Crippen LogP contribution in [0.3, 0.4) is 0 Å². The van der Waals surface area contributed by atoms with Gasteiger partial charge in [-0.1, -0.05) is 314 Å². The van der Waals surface area contributed by atoms with Gasteiger partial charge in [-0.05, 0) is 109 Å². The van der Waals surface area contributed by atoms with Crippen molar-refractivity contribution in [2.45, 2.75) is 339 Å². The summed E-state index contributed by atoms with van der Waals surface area (Å²) in [6, 6.07) is -0.837. The van der Waals surface area contributed by atoms with E-state index in [1.807, 2.05) is 6.08 Å². The van der Waals surface area contributed by atoms with Gasteiger partial charge in [-0.2, -0.15) is 0 Å². The molecule has 0 aromatic carbocycles. The van der Waals surface area contributed by atoms with E-state index in [1.165, 1.54) is 180 Å². The van der Waals surface area contributed by atoms with Crippen LogP contribution in [0.4, 0.5) is 0 Å². The number of unbranched alkanes of at least 4 members (excludes halogenated alkanes) is 31. The third-order valence-electron chi connectivity index (χ3n) is 16.2. The monoisotopic (exact) mass is 1210 g/mol. The zero-order valence-electron chi connectivity index (χ0n) is 55.7. The Hall–Kier alpha value is -3.67. The second kappa shape index (κ2) is 65.3. The Balaban J connectivity index is 2.13. The highest BCUT2D eigenvalue weighted by Crippen LogP contribution is 2.23. The van der Waals surface area contributed by atoms with Crippen molar-refractivity contribution in [2.75, 3.05) is 13.2 Å². The predicted molar refractivity (Wildman–Crippen MR) is 373 cm³/mol. The summed E-state index contributed by atoms with van der Waals surface area (Å²) in [4.78, 5) is 13.1. The third-order valence-corrected chi connectivity index (χ3v) is 16.2. The Labute approximate surface area is 534 Å². The molecule has 0 saturated carbocycles. The van der Waals surface area contributed by atoms with E-state index in [9.17, 15) is 30.3 Å². The van der Waals surface area contributed by atoms with Gasteiger partial charge in [0.25, 0.3) is 0 Å². The second-order valence-electron chi connectivity index (χ2n) is 24.3. The molecule has 0 aromatic rings. The molecule has 1 aliphatic heterocycles. The summed E-state index contributed by atoms with van der Waals surface area (Å²) in [6.45, 7) is 3.66. The van der Waals surface area contributed by atoms with Gasteiger partial charge in [-0.3, -0.25) is 4.79 Å². The van der Waals surface area contributed by atoms with E-state index in [0.29, 0.717) is 6.42 Å². The van der Waals surface area contributed by atoms with Crippen LogP contribution in [-0.4, -0.2) is 87.5 Å². The maximum absolute atomic E-state index is 13.1. The van der Waals surface area contributed by atoms with Gasteiger partial charge in [0.15, 0.2) is 6.29 Å². The summed E-state index contributed by atoms with van der Waals surface area (Å²) in [5.41, 5.74) is 0. The summed E-state index contributed by atoms with van der Waals surface area (Å²) in [7, 11) is 0. The number of nitrogens with one attached hydrogen (secondary N) is 1. The van der Waals surface area contributed by atoms with Crippen molar-refractivity contribution in [3.05, 3.63) is 134 Å². The Kier molecular flexibility index (Phi) is 61.0. The van der Waals surface area contributed by atoms with Crippen LogP contribution in [0.2, 0.25) is 0 Å². The second-order valence-corrected chi connectivity index (χ2v) is 24.3. The molecular weight excluding hydrogens is 1080 g/mol. The van der Waals surface area contributed by atoms with Gasteiger partial charge in [0.05, 0.1) is 25.4 Å². The normalized spacial score (nSPS) is 18.8. The molecule has 6 N–H and O–H groups in total. The maximum atomic E-state index is 13.1. The minimum absolute atomic E-state index is 0.192. The van der Waals surface area contributed by atoms with E-state index in [-0.39, 0.29) is 12.5 Å². The molecule has 1 amide bonds. The lowest BCUT2D eigenvalue weighted by Gasteiger charge is -2.40. The van der Waals surface area contributed by atoms with Crippen LogP contribution in [-0.2, 0) is 14.3 Å². The van der Waals surface area contributed by atoms with Gasteiger partial charge in [0.2, 0.25) is 5.91 Å². The first-order chi connectivity index (χ1) is 42.8. The van der Waals surface area contributed by atoms with Crippen molar-refractivity contribution in [1.82, 2.24) is 5.32 Å². The fourth-order valence-electron chi connectivity index (χ4n) is 10.6. The van der Waals surface area contributed by atoms with Crippen LogP contribution in [0, 0.1) is 0 Å². The quantitative estimate of drug-likeness (QED) is 0.0261. The van der Waals surface area contributed by atoms with Crippen molar-refractivity contribution < 1.29 is 39.8 Å². The minimum Gasteiger partial charge on any atom is -0.394 e. The summed E-state index contributed by atoms with van der Waals surface area (Å²) in [5.74, 6) is -0.192. The Morgan fingerprint density at radius 1 is 0.402 bits per heavy atom. The summed E-state index contributed by atoms with van der Waals surface area (Å²) in [6.07, 6.45) is 92.7. The van der Waals surface area contributed by atoms with Gasteiger partial charge >= 0.3 is 0 Å². The lowest BCUT2D eigenvalue weighted by Crippen LogP contribution is -2.60. The van der Waals surface area contributed by atoms with Crippen molar-refractivity contribution >= 4 is 5.91 Å². The molecule has 0 aromatic heterocycles. The van der Waals surface area contributed by atoms with Crippen LogP contribution in [0.15, 0.2) is 134 Å². The number of aliphatic hydroxyl groups is 5. The molecule has 1 rings (SSSR count). The van der Waals surface area contributed by atoms with Gasteiger partial charge in [0, 0.05) is 6.42 Å². The molecule has 0 aliphatic carbocycles. The summed E-state index contributed by atoms with van der Waals surface area (Å²) < 4.78 is 11.3. The van der Waals surface area contributed by atoms with Crippen molar-refractivity contribution in [1.29, 1.82) is 0 Å². The van der Waals surface area contributed by atoms with Gasteiger partial charge < -0.3 is 40.3 Å². The number of allylic oxidation sites excluding steroid dienone is 21. The average Bonchev–Trinajstić information content (AvgIpc) is 3.47. The average molecular weight is 1210 g/mol. The number of hydrogen-bond donors (Lipinski definition) is 6. The van der Waals surface area contributed by atoms with Crippen LogP contribution < -0.4 is 5.32 Å². The molecule has 9 heteroatoms. The molecule has 1 saturated heterocycles. The van der Waals surface area contributed by atoms with Crippen molar-refractivity contribution in [3.63, 3.8) is 0 Å². The van der Waals surface area contributed by atoms with Crippen LogP contribution >= 0.6 is 0 Å². The Morgan fingerprint density at radius 3 is 1.10 bits per heavy atom. The summed E-state index contributed by atoms with van der Waals surface area (Å²) in [5, 5.41) is 54.7. The lowest BCUT2D eigenvalue weighted by atomic mass is 9.99. The third kappa shape index (κ3) is 53.8. The first-order valence-corrected chi connectivity index (χ1v) is 35.9. The largest absolute Gasteiger partial charge is 0.394 e. The standard InChI is InChI=1S/C78H133NO8/c1-3-5-7-9-11-13-15-17-19-21-23-25-27-28-29-30-31-32-33-34-35-36-37-38-39-40-41-42-43-44-46-48-50-52-54-56-58-60-62-64-66-68-74(82)79-71(70-86-78-77(85)76(84)75(83)73(69-80)87-78)72(81)67-65-63-61-59-57-55-53-51-49-47-45-26-24-22-20-18-16-14-12-10-8-6-4-2/h5,7,11,13,17,19,23,25,28-29,31-32,34-35,37-38,49,51,57,59,65,67,71-73,75-78,80-81,83-85H,3-4,6,8-10,12,14-16,18,20-22,24,26-27,30,33,36,39-48,50,52-56,58,60-64,66,68-70H2,1-2H3,(H,79,82)/b7-5-,13-11-,19-17-,25-23-,29-28-,32-31-,35-34-,38-37-,51-49+,59-57+,67-65+. The first-order valence-electron chi connectivity index (χ1n) is 35.9. The van der Waals surface area contributed by atoms with Gasteiger partial charge in [-0.15, -0.1) is 0 Å². The van der Waals surface area contributed by atoms with Crippen LogP contribution in [0.25, 0.3) is 0 Å². The smallest absolute Gasteiger partial charge is 0.220 e. The molecule has 1 fully saturated rings. The predicted octanol–water partition coefficient (Wildman–Crippen LogP) is 20.0. The zero-order chi connectivity index (χ0) is 62.8. The molecule has 1 aliphatic rings. The Morgan fingerprint density at radius 2 is 0.724 bits per heavy atom. The van der Waals surface area contributed by atoms with Crippen LogP contribution in [0.5, 0.6) is 0 Å². The molecule has 498 valence electrons. The molecule has 0 radical (unpaired) electrons. The van der Waals surface area contributed by atoms with Crippen LogP contribution in [0.1, 0.15) is 296 Å². The van der Waals surface area contributed by atoms with E-state index in [1.54, 1.807) is 6.08 Å². The fourth-order valence-corrected chi connectivity index (χ4v) is 10.6. The molecular formula is C78H133NO8. The molecule has 9 nitrogen and oxygen atoms in total. The molecule has 0 bridgehead atoms. The zero-order valence-corrected chi connectivity index (χ0v) is 55.7. The first kappa shape index (κ1) is 81.3. The molecule has 1 heterocycles. The van der Waals surface area contributed by atoms with E-state index < -0.39 is 49.5 Å². The number of rotatable bonds is 61. The van der Waals surface area contributed by atoms with Crippen molar-refractivity contribution in [3.8, 4) is 0 Å². The van der Waals surface area contributed by atoms with E-state index in [0.717, 1.165) is 96.3 Å². The fraction of sp³-hybridized carbons (Fsp3) is 0.705. The van der Waals surface area contributed by atoms with Crippen molar-refractivity contribution in [2.24, 2.45) is 0 Å². The molecule has 87 heavy (non-hydrogen) atoms. The van der Waals surface area contributed by atoms with Gasteiger partial charge in [0.1, 0.15) is 24.4 Å². The van der Waals surface area contributed by atoms with Gasteiger partial charge in [-0.25, -0.2) is 0 Å². The lowest BCUT2D eigenvalue weighted by molar-refractivity contribution is -0.302. The number of carbonyl (C=O) groups excluding carboxylic acids is 1. The minimum atomic E-state index is -1.58. The number of carbonyl (C=O) groups is 1. The summed E-state index contributed by atoms with van der Waals surface area (Å²) >= 11 is 0. The number of aliphatic hydroxyl groups excluding tert-OH is 5. The van der Waals surface area contributed by atoms with E-state index >= 15 is 0 Å². The SMILES string of the molecule is CC/C=C\C/C=C\C/C=C\C/C=C\C/C=C\C/C=C\C/C=C\C/C=C\CCCCCCCCCCCCCCCCCCC(=O)NC(COC1OC(CO)C(O)C(O)C1O)C(O)/C=C/CC/C=C/CC/C=C/CCCCCCCCCCCCCCC. The number of amides is 1. The molecule has 7 unspecified atom stereocenters. The number of hydrogen-bond acceptors (Lipinski definition) is 8. The highest BCUT2D eigenvalue weighted by molar-refractivity contribution is 5.76. The number of ether oxygens (including phenoxy) is 2. The van der Waals surface area contributed by atoms with E-state index in [2.05, 4.69) is 141 Å².